The van der Waals surface area contributed by atoms with Crippen LogP contribution in [0.1, 0.15) is 60.3 Å². The second-order valence-corrected chi connectivity index (χ2v) is 8.69. The molecule has 156 valence electrons. The zero-order chi connectivity index (χ0) is 19.9. The number of hydrogen-bond acceptors (Lipinski definition) is 4. The molecule has 1 heterocycles. The van der Waals surface area contributed by atoms with Gasteiger partial charge in [-0.15, -0.1) is 0 Å². The molecule has 27 heavy (non-hydrogen) atoms. The van der Waals surface area contributed by atoms with Crippen molar-refractivity contribution in [2.45, 2.75) is 71.9 Å². The number of nitrogens with one attached hydrogen (secondary N) is 2. The highest BCUT2D eigenvalue weighted by Gasteiger charge is 2.42. The molecular formula is C20H38N4O3. The second-order valence-electron chi connectivity index (χ2n) is 8.69. The van der Waals surface area contributed by atoms with Crippen molar-refractivity contribution in [2.75, 3.05) is 39.4 Å². The monoisotopic (exact) mass is 382 g/mol. The van der Waals surface area contributed by atoms with E-state index in [1.807, 2.05) is 27.7 Å². The van der Waals surface area contributed by atoms with E-state index >= 15 is 0 Å². The molecule has 0 radical (unpaired) electrons. The molecular weight excluding hydrogens is 344 g/mol. The summed E-state index contributed by atoms with van der Waals surface area (Å²) in [6, 6.07) is 0.0940. The maximum absolute atomic E-state index is 12.0. The first kappa shape index (κ1) is 21.8. The van der Waals surface area contributed by atoms with Gasteiger partial charge in [0.1, 0.15) is 5.60 Å². The maximum atomic E-state index is 12.0. The lowest BCUT2D eigenvalue weighted by molar-refractivity contribution is 0.0507. The Labute approximate surface area is 164 Å². The fourth-order valence-corrected chi connectivity index (χ4v) is 3.31. The van der Waals surface area contributed by atoms with Crippen molar-refractivity contribution in [1.29, 1.82) is 0 Å². The standard InChI is InChI=1S/C20H38N4O3/c1-6-21-17(22-15-20(9-10-20)11-13-26-7-2)24-12-8-16(14-24)23-18(25)27-19(3,4)5/h16H,6-15H2,1-5H3,(H,21,22)(H,23,25)/t16-/m1/s1. The normalized spacial score (nSPS) is 21.9. The largest absolute Gasteiger partial charge is 0.444 e. The highest BCUT2D eigenvalue weighted by molar-refractivity contribution is 5.80. The zero-order valence-corrected chi connectivity index (χ0v) is 17.8. The third-order valence-corrected chi connectivity index (χ3v) is 5.05. The molecule has 1 amide bonds. The van der Waals surface area contributed by atoms with Crippen LogP contribution in [0.5, 0.6) is 0 Å². The topological polar surface area (TPSA) is 75.2 Å². The summed E-state index contributed by atoms with van der Waals surface area (Å²) in [5.41, 5.74) is -0.136. The Kier molecular flexibility index (Phi) is 7.77. The van der Waals surface area contributed by atoms with Gasteiger partial charge in [-0.1, -0.05) is 0 Å². The van der Waals surface area contributed by atoms with E-state index in [1.54, 1.807) is 0 Å². The Hall–Kier alpha value is -1.50. The van der Waals surface area contributed by atoms with Gasteiger partial charge in [-0.25, -0.2) is 4.79 Å². The van der Waals surface area contributed by atoms with Crippen LogP contribution >= 0.6 is 0 Å². The Morgan fingerprint density at radius 3 is 2.63 bits per heavy atom. The predicted molar refractivity (Wildman–Crippen MR) is 108 cm³/mol. The van der Waals surface area contributed by atoms with E-state index in [-0.39, 0.29) is 12.1 Å². The lowest BCUT2D eigenvalue weighted by Crippen LogP contribution is -2.44. The van der Waals surface area contributed by atoms with Crippen molar-refractivity contribution in [3.8, 4) is 0 Å². The smallest absolute Gasteiger partial charge is 0.407 e. The number of rotatable bonds is 8. The van der Waals surface area contributed by atoms with Crippen LogP contribution in [0.3, 0.4) is 0 Å². The number of hydrogen-bond donors (Lipinski definition) is 2. The Bertz CT molecular complexity index is 512. The summed E-state index contributed by atoms with van der Waals surface area (Å²) < 4.78 is 10.9. The minimum absolute atomic E-state index is 0.0940. The quantitative estimate of drug-likeness (QED) is 0.384. The molecule has 0 aromatic carbocycles. The molecule has 2 fully saturated rings. The van der Waals surface area contributed by atoms with Crippen molar-refractivity contribution >= 4 is 12.1 Å². The van der Waals surface area contributed by atoms with Gasteiger partial charge in [0.15, 0.2) is 5.96 Å². The zero-order valence-electron chi connectivity index (χ0n) is 17.8. The Morgan fingerprint density at radius 1 is 1.30 bits per heavy atom. The molecule has 0 aromatic heterocycles. The van der Waals surface area contributed by atoms with E-state index in [1.165, 1.54) is 12.8 Å². The van der Waals surface area contributed by atoms with Crippen molar-refractivity contribution in [1.82, 2.24) is 15.5 Å². The summed E-state index contributed by atoms with van der Waals surface area (Å²) in [7, 11) is 0. The minimum atomic E-state index is -0.473. The van der Waals surface area contributed by atoms with E-state index < -0.39 is 5.60 Å². The maximum Gasteiger partial charge on any atom is 0.407 e. The average Bonchev–Trinajstić information content (AvgIpc) is 3.19. The summed E-state index contributed by atoms with van der Waals surface area (Å²) in [5, 5.41) is 6.38. The molecule has 1 saturated carbocycles. The van der Waals surface area contributed by atoms with E-state index in [0.717, 1.165) is 58.2 Å². The predicted octanol–water partition coefficient (Wildman–Crippen LogP) is 2.76. The number of ether oxygens (including phenoxy) is 2. The van der Waals surface area contributed by atoms with Crippen molar-refractivity contribution in [3.05, 3.63) is 0 Å². The van der Waals surface area contributed by atoms with Crippen LogP contribution in [0, 0.1) is 5.41 Å². The second kappa shape index (κ2) is 9.62. The molecule has 2 N–H and O–H groups in total. The molecule has 1 saturated heterocycles. The molecule has 0 spiro atoms. The molecule has 2 rings (SSSR count). The summed E-state index contributed by atoms with van der Waals surface area (Å²) in [6.45, 7) is 14.7. The van der Waals surface area contributed by atoms with Crippen LogP contribution in [0.25, 0.3) is 0 Å². The molecule has 1 atom stereocenters. The van der Waals surface area contributed by atoms with Gasteiger partial charge in [-0.3, -0.25) is 4.99 Å². The van der Waals surface area contributed by atoms with Crippen LogP contribution in [0.15, 0.2) is 4.99 Å². The van der Waals surface area contributed by atoms with Gasteiger partial charge in [-0.2, -0.15) is 0 Å². The van der Waals surface area contributed by atoms with E-state index in [0.29, 0.717) is 5.41 Å². The van der Waals surface area contributed by atoms with Crippen LogP contribution in [0.2, 0.25) is 0 Å². The fraction of sp³-hybridized carbons (Fsp3) is 0.900. The summed E-state index contributed by atoms with van der Waals surface area (Å²) >= 11 is 0. The van der Waals surface area contributed by atoms with Crippen molar-refractivity contribution < 1.29 is 14.3 Å². The average molecular weight is 383 g/mol. The number of carbonyl (C=O) groups excluding carboxylic acids is 1. The number of alkyl carbamates (subject to hydrolysis) is 1. The van der Waals surface area contributed by atoms with Crippen LogP contribution < -0.4 is 10.6 Å². The van der Waals surface area contributed by atoms with E-state index in [9.17, 15) is 4.79 Å². The minimum Gasteiger partial charge on any atom is -0.444 e. The van der Waals surface area contributed by atoms with Gasteiger partial charge < -0.3 is 25.0 Å². The molecule has 0 unspecified atom stereocenters. The first-order valence-corrected chi connectivity index (χ1v) is 10.4. The summed E-state index contributed by atoms with van der Waals surface area (Å²) in [4.78, 5) is 19.2. The van der Waals surface area contributed by atoms with Gasteiger partial charge in [0.05, 0.1) is 6.04 Å². The van der Waals surface area contributed by atoms with E-state index in [4.69, 9.17) is 14.5 Å². The van der Waals surface area contributed by atoms with Gasteiger partial charge >= 0.3 is 6.09 Å². The van der Waals surface area contributed by atoms with Gasteiger partial charge in [-0.05, 0) is 65.7 Å². The number of aliphatic imine (C=N–C) groups is 1. The lowest BCUT2D eigenvalue weighted by Gasteiger charge is -2.24. The molecule has 0 bridgehead atoms. The molecule has 1 aliphatic heterocycles. The molecule has 7 nitrogen and oxygen atoms in total. The Balaban J connectivity index is 1.85. The third-order valence-electron chi connectivity index (χ3n) is 5.05. The first-order valence-electron chi connectivity index (χ1n) is 10.4. The SMILES string of the molecule is CCNC(=NCC1(CCOCC)CC1)N1CC[C@@H](NC(=O)OC(C)(C)C)C1. The number of nitrogens with zero attached hydrogens (tertiary/aromatic N) is 2. The molecule has 2 aliphatic rings. The Morgan fingerprint density at radius 2 is 2.04 bits per heavy atom. The molecule has 1 aliphatic carbocycles. The summed E-state index contributed by atoms with van der Waals surface area (Å²) in [6.07, 6.45) is 4.13. The number of guanidine groups is 1. The molecule has 0 aromatic rings. The van der Waals surface area contributed by atoms with Crippen LogP contribution in [-0.2, 0) is 9.47 Å². The van der Waals surface area contributed by atoms with E-state index in [2.05, 4.69) is 22.5 Å². The third kappa shape index (κ3) is 7.56. The van der Waals surface area contributed by atoms with Crippen LogP contribution in [-0.4, -0.2) is 68.0 Å². The van der Waals surface area contributed by atoms with Gasteiger partial charge in [0.2, 0.25) is 0 Å². The van der Waals surface area contributed by atoms with Gasteiger partial charge in [0.25, 0.3) is 0 Å². The highest BCUT2D eigenvalue weighted by Crippen LogP contribution is 2.49. The van der Waals surface area contributed by atoms with Crippen molar-refractivity contribution in [3.63, 3.8) is 0 Å². The fourth-order valence-electron chi connectivity index (χ4n) is 3.31. The first-order chi connectivity index (χ1) is 12.8. The summed E-state index contributed by atoms with van der Waals surface area (Å²) in [5.74, 6) is 0.952. The highest BCUT2D eigenvalue weighted by atomic mass is 16.6. The molecule has 7 heteroatoms. The number of likely N-dealkylation sites (tertiary alicyclic amines) is 1. The van der Waals surface area contributed by atoms with Crippen molar-refractivity contribution in [2.24, 2.45) is 10.4 Å². The number of carbonyl (C=O) groups is 1. The lowest BCUT2D eigenvalue weighted by atomic mass is 10.0. The van der Waals surface area contributed by atoms with Gasteiger partial charge in [0, 0.05) is 39.4 Å². The number of amides is 1. The van der Waals surface area contributed by atoms with Crippen LogP contribution in [0.4, 0.5) is 4.79 Å².